The van der Waals surface area contributed by atoms with Crippen LogP contribution in [0.4, 0.5) is 10.5 Å². The number of methoxy groups -OCH3 is 1. The third kappa shape index (κ3) is 6.92. The van der Waals surface area contributed by atoms with E-state index in [1.807, 2.05) is 18.2 Å². The summed E-state index contributed by atoms with van der Waals surface area (Å²) in [5.74, 6) is 1.85. The fourth-order valence-electron chi connectivity index (χ4n) is 3.83. The summed E-state index contributed by atoms with van der Waals surface area (Å²) in [6.45, 7) is 7.86. The zero-order valence-electron chi connectivity index (χ0n) is 21.0. The summed E-state index contributed by atoms with van der Waals surface area (Å²) in [5.41, 5.74) is 1.60. The van der Waals surface area contributed by atoms with Gasteiger partial charge in [0.05, 0.1) is 35.9 Å². The predicted molar refractivity (Wildman–Crippen MR) is 145 cm³/mol. The maximum Gasteiger partial charge on any atom is 0.326 e. The average molecular weight is 628 g/mol. The van der Waals surface area contributed by atoms with E-state index in [4.69, 9.17) is 18.9 Å². The van der Waals surface area contributed by atoms with E-state index in [0.717, 1.165) is 17.7 Å². The number of rotatable bonds is 9. The maximum absolute atomic E-state index is 13.3. The van der Waals surface area contributed by atoms with Crippen molar-refractivity contribution in [3.05, 3.63) is 44.8 Å². The third-order valence-corrected chi connectivity index (χ3v) is 7.14. The van der Waals surface area contributed by atoms with Gasteiger partial charge < -0.3 is 23.8 Å². The minimum atomic E-state index is -0.484. The number of carbonyl (C=O) groups excluding carboxylic acids is 2. The molecule has 0 spiro atoms. The number of hydrogen-bond acceptors (Lipinski definition) is 6. The van der Waals surface area contributed by atoms with Gasteiger partial charge in [-0.1, -0.05) is 13.8 Å². The molecule has 36 heavy (non-hydrogen) atoms. The van der Waals surface area contributed by atoms with Gasteiger partial charge in [-0.2, -0.15) is 0 Å². The van der Waals surface area contributed by atoms with Crippen LogP contribution in [0, 0.1) is 0 Å². The van der Waals surface area contributed by atoms with Crippen molar-refractivity contribution in [3.63, 3.8) is 0 Å². The van der Waals surface area contributed by atoms with Gasteiger partial charge in [-0.25, -0.2) is 4.79 Å². The Morgan fingerprint density at radius 1 is 1.11 bits per heavy atom. The van der Waals surface area contributed by atoms with Crippen molar-refractivity contribution in [1.29, 1.82) is 0 Å². The summed E-state index contributed by atoms with van der Waals surface area (Å²) in [7, 11) is 1.66. The van der Waals surface area contributed by atoms with E-state index in [1.165, 1.54) is 4.90 Å². The van der Waals surface area contributed by atoms with E-state index in [9.17, 15) is 9.59 Å². The van der Waals surface area contributed by atoms with E-state index in [2.05, 4.69) is 45.7 Å². The molecule has 3 rings (SSSR count). The molecule has 10 heteroatoms. The van der Waals surface area contributed by atoms with E-state index in [1.54, 1.807) is 31.1 Å². The zero-order valence-corrected chi connectivity index (χ0v) is 24.2. The van der Waals surface area contributed by atoms with Crippen molar-refractivity contribution in [2.24, 2.45) is 0 Å². The molecule has 0 aliphatic carbocycles. The summed E-state index contributed by atoms with van der Waals surface area (Å²) in [5, 5.41) is 0. The summed E-state index contributed by atoms with van der Waals surface area (Å²) >= 11 is 7.18. The van der Waals surface area contributed by atoms with Gasteiger partial charge >= 0.3 is 12.0 Å². The fourth-order valence-corrected chi connectivity index (χ4v) is 5.15. The summed E-state index contributed by atoms with van der Waals surface area (Å²) < 4.78 is 23.5. The quantitative estimate of drug-likeness (QED) is 0.302. The lowest BCUT2D eigenvalue weighted by Crippen LogP contribution is -2.50. The Hall–Kier alpha value is -2.30. The molecule has 196 valence electrons. The van der Waals surface area contributed by atoms with Crippen LogP contribution in [0.5, 0.6) is 17.2 Å². The van der Waals surface area contributed by atoms with Gasteiger partial charge in [0.15, 0.2) is 5.75 Å². The van der Waals surface area contributed by atoms with Crippen LogP contribution in [0.3, 0.4) is 0 Å². The summed E-state index contributed by atoms with van der Waals surface area (Å²) in [4.78, 5) is 28.8. The van der Waals surface area contributed by atoms with E-state index in [-0.39, 0.29) is 19.2 Å². The highest BCUT2D eigenvalue weighted by Crippen LogP contribution is 2.42. The van der Waals surface area contributed by atoms with Crippen molar-refractivity contribution in [3.8, 4) is 17.2 Å². The largest absolute Gasteiger partial charge is 0.496 e. The van der Waals surface area contributed by atoms with Crippen LogP contribution in [0.25, 0.3) is 0 Å². The molecule has 1 aliphatic heterocycles. The lowest BCUT2D eigenvalue weighted by Gasteiger charge is -2.32. The van der Waals surface area contributed by atoms with Crippen molar-refractivity contribution in [2.45, 2.75) is 33.1 Å². The SMILES string of the molecule is CCOC(=O)CN(C(=O)N1CCOCC1)c1cc(Br)c(Oc2ccc(OC)c(C(C)CC)c2)c(Br)c1. The van der Waals surface area contributed by atoms with Gasteiger partial charge in [0.2, 0.25) is 0 Å². The molecule has 0 radical (unpaired) electrons. The average Bonchev–Trinajstić information content (AvgIpc) is 2.89. The lowest BCUT2D eigenvalue weighted by atomic mass is 9.97. The van der Waals surface area contributed by atoms with Crippen molar-refractivity contribution in [1.82, 2.24) is 4.90 Å². The van der Waals surface area contributed by atoms with Gasteiger partial charge in [0, 0.05) is 24.3 Å². The number of halogens is 2. The van der Waals surface area contributed by atoms with Crippen molar-refractivity contribution >= 4 is 49.5 Å². The van der Waals surface area contributed by atoms with Gasteiger partial charge in [-0.05, 0) is 81.5 Å². The number of anilines is 1. The van der Waals surface area contributed by atoms with Crippen LogP contribution in [0.2, 0.25) is 0 Å². The molecule has 1 fully saturated rings. The molecular weight excluding hydrogens is 596 g/mol. The van der Waals surface area contributed by atoms with Gasteiger partial charge in [0.1, 0.15) is 18.0 Å². The predicted octanol–water partition coefficient (Wildman–Crippen LogP) is 6.35. The molecule has 0 aromatic heterocycles. The fraction of sp³-hybridized carbons (Fsp3) is 0.462. The number of morpholine rings is 1. The molecule has 2 aromatic rings. The standard InChI is InChI=1S/C26H32Br2N2O6/c1-5-17(3)20-15-19(7-8-23(20)33-4)36-25-21(27)13-18(14-22(25)28)30(16-24(31)35-6-2)26(32)29-9-11-34-12-10-29/h7-8,13-15,17H,5-6,9-12,16H2,1-4H3. The number of benzene rings is 2. The topological polar surface area (TPSA) is 77.5 Å². The first-order chi connectivity index (χ1) is 17.3. The van der Waals surface area contributed by atoms with Gasteiger partial charge in [0.25, 0.3) is 0 Å². The molecule has 2 aromatic carbocycles. The number of esters is 1. The van der Waals surface area contributed by atoms with E-state index < -0.39 is 5.97 Å². The molecule has 1 saturated heterocycles. The summed E-state index contributed by atoms with van der Waals surface area (Å²) in [6, 6.07) is 8.97. The number of hydrogen-bond donors (Lipinski definition) is 0. The second-order valence-corrected chi connectivity index (χ2v) is 10.0. The number of ether oxygens (including phenoxy) is 4. The van der Waals surface area contributed by atoms with E-state index in [0.29, 0.717) is 58.4 Å². The van der Waals surface area contributed by atoms with Crippen molar-refractivity contribution < 1.29 is 28.5 Å². The first-order valence-corrected chi connectivity index (χ1v) is 13.5. The number of urea groups is 1. The first kappa shape index (κ1) is 28.3. The van der Waals surface area contributed by atoms with Crippen LogP contribution in [0.1, 0.15) is 38.7 Å². The summed E-state index contributed by atoms with van der Waals surface area (Å²) in [6.07, 6.45) is 0.968. The second-order valence-electron chi connectivity index (χ2n) is 8.33. The number of carbonyl (C=O) groups is 2. The first-order valence-electron chi connectivity index (χ1n) is 11.9. The Kier molecular flexibility index (Phi) is 10.4. The van der Waals surface area contributed by atoms with Crippen molar-refractivity contribution in [2.75, 3.05) is 51.5 Å². The highest BCUT2D eigenvalue weighted by atomic mass is 79.9. The normalized spacial score (nSPS) is 14.2. The van der Waals surface area contributed by atoms with E-state index >= 15 is 0 Å². The molecular formula is C26H32Br2N2O6. The Morgan fingerprint density at radius 2 is 1.78 bits per heavy atom. The Balaban J connectivity index is 1.92. The molecule has 0 bridgehead atoms. The Morgan fingerprint density at radius 3 is 2.36 bits per heavy atom. The molecule has 1 heterocycles. The molecule has 1 unspecified atom stereocenters. The van der Waals surface area contributed by atoms with Crippen LogP contribution in [-0.4, -0.2) is 63.5 Å². The Labute approximate surface area is 229 Å². The monoisotopic (exact) mass is 626 g/mol. The smallest absolute Gasteiger partial charge is 0.326 e. The third-order valence-electron chi connectivity index (χ3n) is 5.96. The number of amides is 2. The van der Waals surface area contributed by atoms with Crippen LogP contribution >= 0.6 is 31.9 Å². The molecule has 0 N–H and O–H groups in total. The van der Waals surface area contributed by atoms with Crippen LogP contribution in [-0.2, 0) is 14.3 Å². The molecule has 8 nitrogen and oxygen atoms in total. The second kappa shape index (κ2) is 13.3. The molecule has 1 atom stereocenters. The lowest BCUT2D eigenvalue weighted by molar-refractivity contribution is -0.141. The Bertz CT molecular complexity index is 1050. The molecule has 1 aliphatic rings. The number of nitrogens with zero attached hydrogens (tertiary/aromatic N) is 2. The van der Waals surface area contributed by atoms with Crippen LogP contribution in [0.15, 0.2) is 39.3 Å². The molecule has 0 saturated carbocycles. The van der Waals surface area contributed by atoms with Gasteiger partial charge in [-0.3, -0.25) is 9.69 Å². The molecule has 2 amide bonds. The zero-order chi connectivity index (χ0) is 26.2. The minimum Gasteiger partial charge on any atom is -0.496 e. The maximum atomic E-state index is 13.3. The highest BCUT2D eigenvalue weighted by molar-refractivity contribution is 9.11. The minimum absolute atomic E-state index is 0.208. The van der Waals surface area contributed by atoms with Crippen LogP contribution < -0.4 is 14.4 Å². The highest BCUT2D eigenvalue weighted by Gasteiger charge is 2.28. The van der Waals surface area contributed by atoms with Gasteiger partial charge in [-0.15, -0.1) is 0 Å².